The third-order valence-electron chi connectivity index (χ3n) is 1.57. The van der Waals surface area contributed by atoms with Crippen molar-refractivity contribution in [2.75, 3.05) is 0 Å². The summed E-state index contributed by atoms with van der Waals surface area (Å²) < 4.78 is 10.2. The minimum atomic E-state index is -0.461. The van der Waals surface area contributed by atoms with Crippen molar-refractivity contribution in [2.24, 2.45) is 0 Å². The van der Waals surface area contributed by atoms with Crippen molar-refractivity contribution >= 4 is 15.8 Å². The lowest BCUT2D eigenvalue weighted by Gasteiger charge is -1.84. The molecule has 0 fully saturated rings. The number of carbonyl (C=O) groups excluding carboxylic acids is 1. The molecular weight excluding hydrogens is 190 g/mol. The van der Waals surface area contributed by atoms with Gasteiger partial charge in [0.2, 0.25) is 5.76 Å². The molecule has 64 valence electrons. The molecule has 0 saturated carbocycles. The van der Waals surface area contributed by atoms with Gasteiger partial charge in [0, 0.05) is 18.2 Å². The van der Waals surface area contributed by atoms with Gasteiger partial charge < -0.3 is 8.54 Å². The summed E-state index contributed by atoms with van der Waals surface area (Å²) in [4.78, 5) is 9.93. The molecule has 0 bridgehead atoms. The summed E-state index contributed by atoms with van der Waals surface area (Å²) in [5, 5.41) is 10.4. The molecule has 0 aromatic carbocycles. The van der Waals surface area contributed by atoms with Crippen molar-refractivity contribution in [3.05, 3.63) is 45.9 Å². The van der Waals surface area contributed by atoms with Crippen LogP contribution in [0.25, 0.3) is 0 Å². The van der Waals surface area contributed by atoms with Gasteiger partial charge in [-0.15, -0.1) is 0 Å². The van der Waals surface area contributed by atoms with Crippen LogP contribution in [-0.2, 0) is 8.54 Å². The summed E-state index contributed by atoms with van der Waals surface area (Å²) in [6.45, 7) is 0. The number of allylic oxidation sites excluding steroid dienone is 4. The van der Waals surface area contributed by atoms with Crippen molar-refractivity contribution in [2.45, 2.75) is 0 Å². The normalized spacial score (nSPS) is 19.2. The minimum Gasteiger partial charge on any atom is -0.452 e. The van der Waals surface area contributed by atoms with Crippen LogP contribution in [0.4, 0.5) is 0 Å². The fourth-order valence-electron chi connectivity index (χ4n) is 0.943. The molecule has 0 unspecified atom stereocenters. The Hall–Kier alpha value is -1.69. The molecular formula is C7H4NO4Si+. The lowest BCUT2D eigenvalue weighted by Crippen LogP contribution is -1.95. The van der Waals surface area contributed by atoms with E-state index in [1.54, 1.807) is 0 Å². The van der Waals surface area contributed by atoms with Crippen LogP contribution in [-0.4, -0.2) is 20.7 Å². The SMILES string of the molecule is O=[N+]([O-])C1=CC=C2O[Si][O+]=C2C=C1. The number of ketones is 1. The van der Waals surface area contributed by atoms with Crippen LogP contribution in [0.2, 0.25) is 0 Å². The molecule has 2 radical (unpaired) electrons. The van der Waals surface area contributed by atoms with Gasteiger partial charge in [-0.1, -0.05) is 0 Å². The predicted octanol–water partition coefficient (Wildman–Crippen LogP) is 0.270. The number of hydrogen-bond acceptors (Lipinski definition) is 3. The van der Waals surface area contributed by atoms with E-state index < -0.39 is 4.92 Å². The number of hydrogen-bond donors (Lipinski definition) is 0. The molecule has 0 aromatic heterocycles. The molecule has 0 amide bonds. The van der Waals surface area contributed by atoms with Crippen LogP contribution in [0.5, 0.6) is 0 Å². The summed E-state index contributed by atoms with van der Waals surface area (Å²) >= 11 is 0. The molecule has 0 saturated heterocycles. The smallest absolute Gasteiger partial charge is 0.452 e. The van der Waals surface area contributed by atoms with Crippen LogP contribution < -0.4 is 0 Å². The molecule has 0 N–H and O–H groups in total. The van der Waals surface area contributed by atoms with Crippen molar-refractivity contribution in [3.63, 3.8) is 0 Å². The third-order valence-corrected chi connectivity index (χ3v) is 2.17. The van der Waals surface area contributed by atoms with Crippen molar-refractivity contribution in [1.82, 2.24) is 0 Å². The second-order valence-corrected chi connectivity index (χ2v) is 2.94. The first kappa shape index (κ1) is 7.93. The standard InChI is InChI=1S/C7H4NO4Si/c9-8(10)5-1-3-6-7(4-2-5)12-13-11-6/h1-4H/q+1. The predicted molar refractivity (Wildman–Crippen MR) is 44.1 cm³/mol. The summed E-state index contributed by atoms with van der Waals surface area (Å²) in [6, 6.07) is 0. The van der Waals surface area contributed by atoms with Crippen LogP contribution in [0.3, 0.4) is 0 Å². The number of nitro groups is 1. The first-order valence-corrected chi connectivity index (χ1v) is 4.29. The van der Waals surface area contributed by atoms with E-state index in [9.17, 15) is 10.1 Å². The summed E-state index contributed by atoms with van der Waals surface area (Å²) in [6.07, 6.45) is 5.84. The molecule has 1 aliphatic carbocycles. The zero-order valence-corrected chi connectivity index (χ0v) is 7.39. The second kappa shape index (κ2) is 2.98. The largest absolute Gasteiger partial charge is 1.03 e. The highest BCUT2D eigenvalue weighted by atomic mass is 28.2. The highest BCUT2D eigenvalue weighted by Gasteiger charge is 2.33. The molecule has 2 aliphatic rings. The van der Waals surface area contributed by atoms with Crippen molar-refractivity contribution in [1.29, 1.82) is 0 Å². The monoisotopic (exact) mass is 194 g/mol. The van der Waals surface area contributed by atoms with E-state index in [4.69, 9.17) is 8.54 Å². The molecule has 1 heterocycles. The van der Waals surface area contributed by atoms with Gasteiger partial charge >= 0.3 is 15.8 Å². The highest BCUT2D eigenvalue weighted by Crippen LogP contribution is 2.12. The fourth-order valence-corrected chi connectivity index (χ4v) is 1.50. The van der Waals surface area contributed by atoms with Gasteiger partial charge in [0.15, 0.2) is 0 Å². The summed E-state index contributed by atoms with van der Waals surface area (Å²) in [5.41, 5.74) is 0.0185. The Morgan fingerprint density at radius 1 is 1.46 bits per heavy atom. The zero-order chi connectivity index (χ0) is 9.26. The molecule has 6 heteroatoms. The Kier molecular flexibility index (Phi) is 1.82. The first-order valence-electron chi connectivity index (χ1n) is 3.48. The minimum absolute atomic E-state index is 0.0185. The van der Waals surface area contributed by atoms with E-state index in [1.165, 1.54) is 24.3 Å². The maximum atomic E-state index is 10.4. The number of fused-ring (bicyclic) bond motifs is 1. The molecule has 0 atom stereocenters. The van der Waals surface area contributed by atoms with E-state index in [0.29, 0.717) is 11.5 Å². The first-order chi connectivity index (χ1) is 6.27. The summed E-state index contributed by atoms with van der Waals surface area (Å²) in [5.74, 6) is 1.10. The van der Waals surface area contributed by atoms with Gasteiger partial charge in [0.1, 0.15) is 0 Å². The molecule has 0 aromatic rings. The Labute approximate surface area is 75.9 Å². The van der Waals surface area contributed by atoms with Gasteiger partial charge in [-0.2, -0.15) is 0 Å². The van der Waals surface area contributed by atoms with Gasteiger partial charge in [-0.25, -0.2) is 0 Å². The van der Waals surface area contributed by atoms with Crippen LogP contribution in [0, 0.1) is 10.1 Å². The third kappa shape index (κ3) is 1.43. The maximum Gasteiger partial charge on any atom is 1.03 e. The van der Waals surface area contributed by atoms with Gasteiger partial charge in [-0.05, 0) is 6.08 Å². The van der Waals surface area contributed by atoms with Crippen LogP contribution >= 0.6 is 0 Å². The topological polar surface area (TPSA) is 63.7 Å². The highest BCUT2D eigenvalue weighted by molar-refractivity contribution is 6.25. The molecule has 0 spiro atoms. The lowest BCUT2D eigenvalue weighted by molar-refractivity contribution is -0.419. The van der Waals surface area contributed by atoms with E-state index in [0.717, 1.165) is 0 Å². The Balaban J connectivity index is 2.37. The lowest BCUT2D eigenvalue weighted by atomic mass is 10.3. The molecule has 5 nitrogen and oxygen atoms in total. The Morgan fingerprint density at radius 3 is 3.08 bits per heavy atom. The number of nitrogens with zero attached hydrogens (tertiary/aromatic N) is 1. The maximum absolute atomic E-state index is 10.4. The van der Waals surface area contributed by atoms with E-state index in [1.807, 2.05) is 0 Å². The van der Waals surface area contributed by atoms with E-state index >= 15 is 0 Å². The van der Waals surface area contributed by atoms with Crippen LogP contribution in [0.1, 0.15) is 0 Å². The molecule has 1 aliphatic heterocycles. The molecule has 13 heavy (non-hydrogen) atoms. The molecule has 2 rings (SSSR count). The Morgan fingerprint density at radius 2 is 2.31 bits per heavy atom. The average Bonchev–Trinajstić information content (AvgIpc) is 2.44. The van der Waals surface area contributed by atoms with Crippen molar-refractivity contribution < 1.29 is 13.5 Å². The van der Waals surface area contributed by atoms with Gasteiger partial charge in [0.25, 0.3) is 5.70 Å². The Bertz CT molecular complexity index is 380. The number of rotatable bonds is 1. The quantitative estimate of drug-likeness (QED) is 0.260. The van der Waals surface area contributed by atoms with E-state index in [2.05, 4.69) is 0 Å². The van der Waals surface area contributed by atoms with Gasteiger partial charge in [0.05, 0.1) is 4.92 Å². The van der Waals surface area contributed by atoms with E-state index in [-0.39, 0.29) is 15.7 Å². The van der Waals surface area contributed by atoms with Gasteiger partial charge in [-0.3, -0.25) is 10.1 Å². The van der Waals surface area contributed by atoms with Crippen molar-refractivity contribution in [3.8, 4) is 0 Å². The average molecular weight is 194 g/mol. The second-order valence-electron chi connectivity index (χ2n) is 2.36. The van der Waals surface area contributed by atoms with Crippen LogP contribution in [0.15, 0.2) is 35.8 Å². The summed E-state index contributed by atoms with van der Waals surface area (Å²) in [7, 11) is -0.0492. The fraction of sp³-hybridized carbons (Fsp3) is 0. The zero-order valence-electron chi connectivity index (χ0n) is 6.39.